The van der Waals surface area contributed by atoms with Gasteiger partial charge in [0.25, 0.3) is 0 Å². The number of benzene rings is 2. The van der Waals surface area contributed by atoms with E-state index in [1.807, 2.05) is 19.1 Å². The smallest absolute Gasteiger partial charge is 0.133 e. The third kappa shape index (κ3) is 5.78. The first-order valence-electron chi connectivity index (χ1n) is 10.7. The Balaban J connectivity index is 2.38. The molecule has 160 valence electrons. The molecule has 0 saturated carbocycles. The van der Waals surface area contributed by atoms with Crippen molar-refractivity contribution >= 4 is 17.2 Å². The predicted octanol–water partition coefficient (Wildman–Crippen LogP) is 5.69. The van der Waals surface area contributed by atoms with Crippen LogP contribution >= 0.6 is 0 Å². The lowest BCUT2D eigenvalue weighted by Gasteiger charge is -2.29. The van der Waals surface area contributed by atoms with Crippen molar-refractivity contribution in [2.75, 3.05) is 41.3 Å². The molecular weight excluding hydrogens is 368 g/mol. The van der Waals surface area contributed by atoms with Crippen LogP contribution in [0, 0.1) is 0 Å². The maximum Gasteiger partial charge on any atom is 0.133 e. The van der Waals surface area contributed by atoms with Crippen LogP contribution in [-0.4, -0.2) is 47.1 Å². The largest absolute Gasteiger partial charge is 0.300 e. The molecule has 0 aromatic heterocycles. The molecule has 0 unspecified atom stereocenters. The minimum Gasteiger partial charge on any atom is -0.300 e. The fourth-order valence-electron chi connectivity index (χ4n) is 3.88. The summed E-state index contributed by atoms with van der Waals surface area (Å²) in [5.74, 6) is 0.365. The summed E-state index contributed by atoms with van der Waals surface area (Å²) in [6, 6.07) is 17.4. The van der Waals surface area contributed by atoms with Gasteiger partial charge in [0, 0.05) is 18.8 Å². The lowest BCUT2D eigenvalue weighted by atomic mass is 9.86. The number of likely N-dealkylation sites (N-methyl/N-ethyl adjacent to an activating group) is 2. The Kier molecular flexibility index (Phi) is 7.94. The van der Waals surface area contributed by atoms with Gasteiger partial charge in [-0.2, -0.15) is 0 Å². The van der Waals surface area contributed by atoms with Crippen molar-refractivity contribution in [3.05, 3.63) is 85.0 Å². The van der Waals surface area contributed by atoms with E-state index in [1.165, 1.54) is 22.5 Å². The van der Waals surface area contributed by atoms with Crippen LogP contribution in [-0.2, 0) is 4.79 Å². The molecule has 0 radical (unpaired) electrons. The van der Waals surface area contributed by atoms with Gasteiger partial charge in [-0.05, 0) is 47.5 Å². The molecule has 0 spiro atoms. The van der Waals surface area contributed by atoms with E-state index in [9.17, 15) is 4.79 Å². The van der Waals surface area contributed by atoms with Gasteiger partial charge in [0.2, 0.25) is 0 Å². The van der Waals surface area contributed by atoms with Crippen LogP contribution in [0.4, 0.5) is 11.4 Å². The van der Waals surface area contributed by atoms with Gasteiger partial charge in [0.15, 0.2) is 0 Å². The van der Waals surface area contributed by atoms with E-state index in [-0.39, 0.29) is 5.92 Å². The van der Waals surface area contributed by atoms with Crippen molar-refractivity contribution in [2.45, 2.75) is 25.7 Å². The molecule has 0 fully saturated rings. The van der Waals surface area contributed by atoms with Crippen LogP contribution in [0.25, 0.3) is 0 Å². The van der Waals surface area contributed by atoms with Crippen LogP contribution in [0.5, 0.6) is 0 Å². The summed E-state index contributed by atoms with van der Waals surface area (Å²) in [5.41, 5.74) is 4.84. The van der Waals surface area contributed by atoms with Crippen LogP contribution in [0.3, 0.4) is 0 Å². The first-order valence-corrected chi connectivity index (χ1v) is 10.7. The van der Waals surface area contributed by atoms with Crippen molar-refractivity contribution in [1.29, 1.82) is 0 Å². The van der Waals surface area contributed by atoms with E-state index in [2.05, 4.69) is 89.9 Å². The number of quaternary nitrogens is 2. The summed E-state index contributed by atoms with van der Waals surface area (Å²) >= 11 is 0. The molecule has 0 aliphatic heterocycles. The van der Waals surface area contributed by atoms with Crippen LogP contribution in [0.1, 0.15) is 36.8 Å². The number of hydrogen-bond acceptors (Lipinski definition) is 1. The van der Waals surface area contributed by atoms with Gasteiger partial charge in [0.1, 0.15) is 30.2 Å². The second-order valence-electron chi connectivity index (χ2n) is 9.14. The van der Waals surface area contributed by atoms with E-state index < -0.39 is 0 Å². The minimum atomic E-state index is 0.0746. The molecule has 2 aromatic rings. The zero-order valence-corrected chi connectivity index (χ0v) is 19.4. The van der Waals surface area contributed by atoms with Gasteiger partial charge in [-0.3, -0.25) is 13.8 Å². The highest BCUT2D eigenvalue weighted by molar-refractivity contribution is 5.79. The van der Waals surface area contributed by atoms with E-state index in [0.717, 1.165) is 22.1 Å². The van der Waals surface area contributed by atoms with Crippen molar-refractivity contribution < 1.29 is 4.79 Å². The standard InChI is InChI=1S/C27H38N2O/c1-8-19-28(4,5)24-15-11-22(12-16-24)27(21-26(30)10-3)23-13-17-25(18-14-23)29(6,7)20-9-2/h8-9,11-18,27H,1-2,10,19-21H2,3-7H3/q+2. The van der Waals surface area contributed by atoms with Gasteiger partial charge in [0.05, 0.1) is 28.2 Å². The lowest BCUT2D eigenvalue weighted by Crippen LogP contribution is -2.40. The summed E-state index contributed by atoms with van der Waals surface area (Å²) in [6.07, 6.45) is 5.00. The minimum absolute atomic E-state index is 0.0746. The maximum atomic E-state index is 12.4. The van der Waals surface area contributed by atoms with Gasteiger partial charge in [-0.25, -0.2) is 0 Å². The van der Waals surface area contributed by atoms with Gasteiger partial charge in [-0.1, -0.05) is 44.3 Å². The van der Waals surface area contributed by atoms with Gasteiger partial charge >= 0.3 is 0 Å². The molecule has 0 N–H and O–H groups in total. The number of nitrogens with zero attached hydrogens (tertiary/aromatic N) is 2. The molecule has 0 heterocycles. The van der Waals surface area contributed by atoms with Crippen LogP contribution in [0.15, 0.2) is 73.8 Å². The van der Waals surface area contributed by atoms with Crippen LogP contribution < -0.4 is 8.97 Å². The molecule has 0 aliphatic carbocycles. The monoisotopic (exact) mass is 406 g/mol. The molecule has 3 nitrogen and oxygen atoms in total. The van der Waals surface area contributed by atoms with E-state index in [4.69, 9.17) is 0 Å². The number of carbonyl (C=O) groups excluding carboxylic acids is 1. The third-order valence-corrected chi connectivity index (χ3v) is 5.99. The fourth-order valence-corrected chi connectivity index (χ4v) is 3.88. The van der Waals surface area contributed by atoms with Crippen molar-refractivity contribution in [3.8, 4) is 0 Å². The highest BCUT2D eigenvalue weighted by Gasteiger charge is 2.22. The third-order valence-electron chi connectivity index (χ3n) is 5.99. The number of ketones is 1. The Hall–Kier alpha value is -2.49. The van der Waals surface area contributed by atoms with Gasteiger partial charge < -0.3 is 0 Å². The molecule has 2 rings (SSSR count). The average molecular weight is 407 g/mol. The Morgan fingerprint density at radius 3 is 1.47 bits per heavy atom. The van der Waals surface area contributed by atoms with Crippen LogP contribution in [0.2, 0.25) is 0 Å². The second kappa shape index (κ2) is 10.0. The quantitative estimate of drug-likeness (QED) is 0.346. The Morgan fingerprint density at radius 2 is 1.17 bits per heavy atom. The number of carbonyl (C=O) groups is 1. The Bertz CT molecular complexity index is 795. The van der Waals surface area contributed by atoms with E-state index in [0.29, 0.717) is 18.6 Å². The molecule has 0 saturated heterocycles. The summed E-state index contributed by atoms with van der Waals surface area (Å²) in [5, 5.41) is 0. The number of Topliss-reactive ketones (excluding diaryl/α,β-unsaturated/α-hetero) is 1. The zero-order valence-electron chi connectivity index (χ0n) is 19.4. The fraction of sp³-hybridized carbons (Fsp3) is 0.370. The van der Waals surface area contributed by atoms with Crippen molar-refractivity contribution in [3.63, 3.8) is 0 Å². The number of rotatable bonds is 11. The molecular formula is C27H38N2O+2. The number of hydrogen-bond donors (Lipinski definition) is 0. The zero-order chi connectivity index (χ0) is 22.4. The molecule has 30 heavy (non-hydrogen) atoms. The summed E-state index contributed by atoms with van der Waals surface area (Å²) < 4.78 is 1.51. The summed E-state index contributed by atoms with van der Waals surface area (Å²) in [6.45, 7) is 11.4. The first kappa shape index (κ1) is 23.8. The van der Waals surface area contributed by atoms with Crippen molar-refractivity contribution in [2.24, 2.45) is 0 Å². The lowest BCUT2D eigenvalue weighted by molar-refractivity contribution is -0.118. The molecule has 0 bridgehead atoms. The highest BCUT2D eigenvalue weighted by atomic mass is 16.1. The molecule has 0 amide bonds. The second-order valence-corrected chi connectivity index (χ2v) is 9.14. The molecule has 0 aliphatic rings. The van der Waals surface area contributed by atoms with E-state index in [1.54, 1.807) is 0 Å². The first-order chi connectivity index (χ1) is 14.1. The SMILES string of the molecule is C=CC[N+](C)(C)c1ccc(C(CC(=O)CC)c2ccc([N+](C)(C)CC=C)cc2)cc1. The highest BCUT2D eigenvalue weighted by Crippen LogP contribution is 2.32. The Morgan fingerprint density at radius 1 is 0.800 bits per heavy atom. The molecule has 0 atom stereocenters. The Labute approximate surface area is 183 Å². The topological polar surface area (TPSA) is 17.1 Å². The van der Waals surface area contributed by atoms with E-state index >= 15 is 0 Å². The molecule has 3 heteroatoms. The average Bonchev–Trinajstić information content (AvgIpc) is 2.72. The normalized spacial score (nSPS) is 12.1. The summed E-state index contributed by atoms with van der Waals surface area (Å²) in [4.78, 5) is 12.4. The maximum absolute atomic E-state index is 12.4. The predicted molar refractivity (Wildman–Crippen MR) is 132 cm³/mol. The molecule has 2 aromatic carbocycles. The van der Waals surface area contributed by atoms with Gasteiger partial charge in [-0.15, -0.1) is 0 Å². The van der Waals surface area contributed by atoms with Crippen molar-refractivity contribution in [1.82, 2.24) is 8.97 Å². The summed E-state index contributed by atoms with van der Waals surface area (Å²) in [7, 11) is 8.71.